The zero-order chi connectivity index (χ0) is 26.8. The third-order valence-electron chi connectivity index (χ3n) is 7.05. The van der Waals surface area contributed by atoms with Gasteiger partial charge in [0.05, 0.1) is 50.8 Å². The van der Waals surface area contributed by atoms with Crippen molar-refractivity contribution in [3.63, 3.8) is 0 Å². The Morgan fingerprint density at radius 2 is 0.583 bits per heavy atom. The summed E-state index contributed by atoms with van der Waals surface area (Å²) in [5, 5.41) is 77.3. The van der Waals surface area contributed by atoms with Crippen molar-refractivity contribution < 1.29 is 40.9 Å². The van der Waals surface area contributed by atoms with E-state index >= 15 is 0 Å². The van der Waals surface area contributed by atoms with E-state index in [2.05, 4.69) is 0 Å². The molecule has 1 aliphatic rings. The van der Waals surface area contributed by atoms with E-state index in [4.69, 9.17) is 0 Å². The highest BCUT2D eigenvalue weighted by molar-refractivity contribution is 7.66. The molecule has 216 valence electrons. The van der Waals surface area contributed by atoms with Gasteiger partial charge in [0.1, 0.15) is 0 Å². The molecule has 2 unspecified atom stereocenters. The molecule has 8 nitrogen and oxygen atoms in total. The molecular weight excluding hydrogens is 578 g/mol. The van der Waals surface area contributed by atoms with E-state index in [1.807, 2.05) is 0 Å². The van der Waals surface area contributed by atoms with Crippen LogP contribution in [0.25, 0.3) is 0 Å². The van der Waals surface area contributed by atoms with Crippen molar-refractivity contribution in [3.05, 3.63) is 0 Å². The highest BCUT2D eigenvalue weighted by Gasteiger charge is 2.36. The quantitative estimate of drug-likeness (QED) is 0.0850. The predicted octanol–water partition coefficient (Wildman–Crippen LogP) is 2.79. The molecule has 0 heterocycles. The summed E-state index contributed by atoms with van der Waals surface area (Å²) >= 11 is 0. The average molecular weight is 628 g/mol. The lowest BCUT2D eigenvalue weighted by Gasteiger charge is -2.43. The first-order chi connectivity index (χ1) is 17.5. The number of aliphatic hydroxyl groups excluding tert-OH is 8. The summed E-state index contributed by atoms with van der Waals surface area (Å²) in [4.78, 5) is 0. The Balaban J connectivity index is 3.10. The molecule has 0 radical (unpaired) electrons. The Kier molecular flexibility index (Phi) is 23.1. The summed E-state index contributed by atoms with van der Waals surface area (Å²) in [5.41, 5.74) is 1.15. The van der Waals surface area contributed by atoms with E-state index in [0.717, 1.165) is 49.3 Å². The number of aliphatic hydroxyl groups is 8. The van der Waals surface area contributed by atoms with Crippen LogP contribution in [-0.2, 0) is 0 Å². The second-order valence-corrected chi connectivity index (χ2v) is 24.1. The normalized spacial score (nSPS) is 19.2. The molecule has 0 aliphatic heterocycles. The van der Waals surface area contributed by atoms with Gasteiger partial charge in [-0.3, -0.25) is 0 Å². The van der Waals surface area contributed by atoms with Crippen molar-refractivity contribution in [3.8, 4) is 0 Å². The second-order valence-electron chi connectivity index (χ2n) is 9.20. The molecule has 0 spiro atoms. The molecule has 1 aliphatic carbocycles. The van der Waals surface area contributed by atoms with E-state index in [1.165, 1.54) is 25.7 Å². The van der Waals surface area contributed by atoms with Gasteiger partial charge >= 0.3 is 0 Å². The van der Waals surface area contributed by atoms with Crippen molar-refractivity contribution in [2.75, 3.05) is 100 Å². The van der Waals surface area contributed by atoms with Crippen molar-refractivity contribution in [2.24, 2.45) is 0 Å². The van der Waals surface area contributed by atoms with Gasteiger partial charge in [-0.15, -0.1) is 15.8 Å². The van der Waals surface area contributed by atoms with Crippen LogP contribution >= 0.6 is 47.5 Å². The standard InChI is InChI=1S/C22H50O8P6/c23-13-31(14-24)5-9-35(10-6-32(15-25)16-26)21-3-1-2-4-22(21)36(11-7-33(17-27)18-28)12-8-34(19-29)20-30/h21-30H,1-20H2. The van der Waals surface area contributed by atoms with E-state index in [9.17, 15) is 40.9 Å². The second kappa shape index (κ2) is 22.9. The number of hydrogen-bond donors (Lipinski definition) is 8. The van der Waals surface area contributed by atoms with Crippen LogP contribution in [-0.4, -0.2) is 152 Å². The van der Waals surface area contributed by atoms with Crippen LogP contribution in [0.15, 0.2) is 0 Å². The van der Waals surface area contributed by atoms with Crippen LogP contribution in [0.1, 0.15) is 25.7 Å². The van der Waals surface area contributed by atoms with Gasteiger partial charge in [0.2, 0.25) is 0 Å². The molecule has 2 atom stereocenters. The lowest BCUT2D eigenvalue weighted by atomic mass is 9.99. The van der Waals surface area contributed by atoms with E-state index < -0.39 is 31.7 Å². The van der Waals surface area contributed by atoms with Gasteiger partial charge in [-0.2, -0.15) is 0 Å². The highest BCUT2D eigenvalue weighted by atomic mass is 31.1. The topological polar surface area (TPSA) is 162 Å². The molecular formula is C22H50O8P6. The molecule has 14 heteroatoms. The van der Waals surface area contributed by atoms with Crippen molar-refractivity contribution in [1.29, 1.82) is 0 Å². The van der Waals surface area contributed by atoms with Crippen molar-refractivity contribution in [1.82, 2.24) is 0 Å². The SMILES string of the molecule is OCP(CO)CCP(CCP(CO)CO)C1CCCCC1P(CCP(CO)CO)CCP(CO)CO. The predicted molar refractivity (Wildman–Crippen MR) is 163 cm³/mol. The molecule has 0 saturated heterocycles. The van der Waals surface area contributed by atoms with Gasteiger partial charge in [0, 0.05) is 0 Å². The Labute approximate surface area is 225 Å². The van der Waals surface area contributed by atoms with Gasteiger partial charge in [0.25, 0.3) is 0 Å². The summed E-state index contributed by atoms with van der Waals surface area (Å²) in [6, 6.07) is 0. The summed E-state index contributed by atoms with van der Waals surface area (Å²) in [6.45, 7) is 0. The van der Waals surface area contributed by atoms with Crippen LogP contribution in [0.5, 0.6) is 0 Å². The monoisotopic (exact) mass is 628 g/mol. The van der Waals surface area contributed by atoms with E-state index in [-0.39, 0.29) is 66.6 Å². The molecule has 1 fully saturated rings. The Hall–Kier alpha value is 2.26. The third-order valence-corrected chi connectivity index (χ3v) is 21.6. The van der Waals surface area contributed by atoms with Crippen molar-refractivity contribution in [2.45, 2.75) is 37.0 Å². The van der Waals surface area contributed by atoms with Crippen LogP contribution in [0.4, 0.5) is 0 Å². The molecule has 8 N–H and O–H groups in total. The molecule has 0 aromatic carbocycles. The first-order valence-electron chi connectivity index (χ1n) is 12.8. The maximum absolute atomic E-state index is 9.66. The summed E-state index contributed by atoms with van der Waals surface area (Å²) in [7, 11) is -3.89. The largest absolute Gasteiger partial charge is 0.392 e. The minimum absolute atomic E-state index is 0.0491. The summed E-state index contributed by atoms with van der Waals surface area (Å²) in [5.74, 6) is 0. The van der Waals surface area contributed by atoms with Gasteiger partial charge in [-0.25, -0.2) is 0 Å². The van der Waals surface area contributed by atoms with Gasteiger partial charge < -0.3 is 40.9 Å². The van der Waals surface area contributed by atoms with Gasteiger partial charge in [0.15, 0.2) is 0 Å². The zero-order valence-electron chi connectivity index (χ0n) is 21.6. The average Bonchev–Trinajstić information content (AvgIpc) is 2.92. The van der Waals surface area contributed by atoms with Crippen LogP contribution in [0.2, 0.25) is 0 Å². The van der Waals surface area contributed by atoms with Crippen LogP contribution in [0.3, 0.4) is 0 Å². The smallest absolute Gasteiger partial charge is 0.0646 e. The Morgan fingerprint density at radius 1 is 0.361 bits per heavy atom. The minimum atomic E-state index is -0.779. The molecule has 36 heavy (non-hydrogen) atoms. The summed E-state index contributed by atoms with van der Waals surface area (Å²) < 4.78 is 0. The fourth-order valence-corrected chi connectivity index (χ4v) is 20.1. The van der Waals surface area contributed by atoms with Crippen LogP contribution in [0, 0.1) is 0 Å². The fraction of sp³-hybridized carbons (Fsp3) is 1.00. The van der Waals surface area contributed by atoms with E-state index in [1.54, 1.807) is 0 Å². The highest BCUT2D eigenvalue weighted by Crippen LogP contribution is 2.61. The fourth-order valence-electron chi connectivity index (χ4n) is 4.65. The molecule has 0 amide bonds. The molecule has 0 bridgehead atoms. The first kappa shape index (κ1) is 36.3. The lowest BCUT2D eigenvalue weighted by Crippen LogP contribution is -2.31. The van der Waals surface area contributed by atoms with Crippen molar-refractivity contribution >= 4 is 47.5 Å². The Morgan fingerprint density at radius 3 is 0.778 bits per heavy atom. The maximum Gasteiger partial charge on any atom is 0.0646 e. The number of hydrogen-bond acceptors (Lipinski definition) is 8. The van der Waals surface area contributed by atoms with E-state index in [0.29, 0.717) is 11.3 Å². The molecule has 0 aromatic heterocycles. The maximum atomic E-state index is 9.66. The first-order valence-corrected chi connectivity index (χ1v) is 23.9. The molecule has 1 saturated carbocycles. The summed E-state index contributed by atoms with van der Waals surface area (Å²) in [6.07, 6.45) is 12.6. The number of rotatable bonds is 22. The molecule has 1 rings (SSSR count). The third kappa shape index (κ3) is 13.7. The Bertz CT molecular complexity index is 437. The molecule has 0 aromatic rings. The van der Waals surface area contributed by atoms with Gasteiger partial charge in [-0.05, 0) is 73.5 Å². The minimum Gasteiger partial charge on any atom is -0.392 e. The lowest BCUT2D eigenvalue weighted by molar-refractivity contribution is 0.343. The van der Waals surface area contributed by atoms with Crippen LogP contribution < -0.4 is 0 Å². The zero-order valence-corrected chi connectivity index (χ0v) is 26.9. The van der Waals surface area contributed by atoms with Gasteiger partial charge in [-0.1, -0.05) is 44.5 Å².